The van der Waals surface area contributed by atoms with Gasteiger partial charge in [-0.25, -0.2) is 4.79 Å². The van der Waals surface area contributed by atoms with Gasteiger partial charge in [-0.1, -0.05) is 31.5 Å². The fourth-order valence-electron chi connectivity index (χ4n) is 3.24. The van der Waals surface area contributed by atoms with Gasteiger partial charge < -0.3 is 11.1 Å². The Balaban J connectivity index is 1.93. The largest absolute Gasteiger partial charge is 0.327 e. The number of aryl methyl sites for hydroxylation is 2. The standard InChI is InChI=1S/C19H30N4O2/c1-12-6-7-15(13(2)10-12)21-18(25)22-17(24)14(3)23-9-8-16(20)19(4,5)11-23/h6-7,10,14,16H,8-9,11,20H2,1-5H3,(H2,21,22,24,25). The van der Waals surface area contributed by atoms with Crippen molar-refractivity contribution < 1.29 is 9.59 Å². The molecule has 138 valence electrons. The lowest BCUT2D eigenvalue weighted by atomic mass is 9.79. The fraction of sp³-hybridized carbons (Fsp3) is 0.579. The molecule has 3 amide bonds. The van der Waals surface area contributed by atoms with Gasteiger partial charge in [0.15, 0.2) is 0 Å². The zero-order valence-corrected chi connectivity index (χ0v) is 15.8. The van der Waals surface area contributed by atoms with Gasteiger partial charge in [-0.15, -0.1) is 0 Å². The molecule has 25 heavy (non-hydrogen) atoms. The van der Waals surface area contributed by atoms with E-state index >= 15 is 0 Å². The molecular weight excluding hydrogens is 316 g/mol. The van der Waals surface area contributed by atoms with Crippen LogP contribution in [0.15, 0.2) is 18.2 Å². The molecule has 1 heterocycles. The number of benzene rings is 1. The average molecular weight is 346 g/mol. The van der Waals surface area contributed by atoms with Gasteiger partial charge in [-0.05, 0) is 44.2 Å². The van der Waals surface area contributed by atoms with Gasteiger partial charge in [-0.3, -0.25) is 15.0 Å². The van der Waals surface area contributed by atoms with Crippen molar-refractivity contribution in [1.29, 1.82) is 0 Å². The maximum atomic E-state index is 12.4. The zero-order chi connectivity index (χ0) is 18.8. The molecule has 6 nitrogen and oxygen atoms in total. The minimum Gasteiger partial charge on any atom is -0.327 e. The molecule has 6 heteroatoms. The van der Waals surface area contributed by atoms with Crippen LogP contribution >= 0.6 is 0 Å². The maximum Gasteiger partial charge on any atom is 0.325 e. The molecular formula is C19H30N4O2. The molecule has 0 aliphatic carbocycles. The molecule has 4 N–H and O–H groups in total. The second-order valence-corrected chi connectivity index (χ2v) is 7.79. The smallest absolute Gasteiger partial charge is 0.325 e. The summed E-state index contributed by atoms with van der Waals surface area (Å²) in [6.45, 7) is 11.5. The van der Waals surface area contributed by atoms with E-state index in [9.17, 15) is 9.59 Å². The number of nitrogens with one attached hydrogen (secondary N) is 2. The average Bonchev–Trinajstić information content (AvgIpc) is 2.52. The van der Waals surface area contributed by atoms with Crippen molar-refractivity contribution in [2.75, 3.05) is 18.4 Å². The first-order valence-electron chi connectivity index (χ1n) is 8.79. The number of hydrogen-bond acceptors (Lipinski definition) is 4. The lowest BCUT2D eigenvalue weighted by molar-refractivity contribution is -0.126. The van der Waals surface area contributed by atoms with Crippen LogP contribution in [0.25, 0.3) is 0 Å². The predicted molar refractivity (Wildman–Crippen MR) is 100 cm³/mol. The molecule has 2 unspecified atom stereocenters. The Bertz CT molecular complexity index is 657. The second-order valence-electron chi connectivity index (χ2n) is 7.79. The topological polar surface area (TPSA) is 87.5 Å². The number of nitrogens with two attached hydrogens (primary N) is 1. The Morgan fingerprint density at radius 2 is 2.00 bits per heavy atom. The molecule has 0 radical (unpaired) electrons. The van der Waals surface area contributed by atoms with Crippen molar-refractivity contribution in [2.45, 2.75) is 53.1 Å². The van der Waals surface area contributed by atoms with Crippen LogP contribution in [0.1, 0.15) is 38.3 Å². The van der Waals surface area contributed by atoms with Crippen LogP contribution in [0.5, 0.6) is 0 Å². The maximum absolute atomic E-state index is 12.4. The van der Waals surface area contributed by atoms with Crippen molar-refractivity contribution in [3.8, 4) is 0 Å². The SMILES string of the molecule is Cc1ccc(NC(=O)NC(=O)C(C)N2CCC(N)C(C)(C)C2)c(C)c1. The molecule has 0 spiro atoms. The van der Waals surface area contributed by atoms with Crippen LogP contribution in [0.4, 0.5) is 10.5 Å². The number of piperidine rings is 1. The molecule has 0 aromatic heterocycles. The van der Waals surface area contributed by atoms with Gasteiger partial charge in [0.25, 0.3) is 0 Å². The van der Waals surface area contributed by atoms with Gasteiger partial charge in [0.2, 0.25) is 5.91 Å². The van der Waals surface area contributed by atoms with E-state index in [1.165, 1.54) is 0 Å². The van der Waals surface area contributed by atoms with Crippen LogP contribution in [0.3, 0.4) is 0 Å². The number of hydrogen-bond donors (Lipinski definition) is 3. The Labute approximate surface area is 150 Å². The Hall–Kier alpha value is -1.92. The van der Waals surface area contributed by atoms with Crippen LogP contribution in [-0.4, -0.2) is 42.0 Å². The van der Waals surface area contributed by atoms with E-state index in [2.05, 4.69) is 29.4 Å². The van der Waals surface area contributed by atoms with Crippen molar-refractivity contribution in [1.82, 2.24) is 10.2 Å². The normalized spacial score (nSPS) is 21.4. The number of likely N-dealkylation sites (tertiary alicyclic amines) is 1. The van der Waals surface area contributed by atoms with E-state index in [4.69, 9.17) is 5.73 Å². The number of carbonyl (C=O) groups is 2. The first-order chi connectivity index (χ1) is 11.6. The third-order valence-corrected chi connectivity index (χ3v) is 5.14. The number of rotatable bonds is 3. The second kappa shape index (κ2) is 7.54. The molecule has 1 aliphatic rings. The van der Waals surface area contributed by atoms with E-state index in [0.29, 0.717) is 5.69 Å². The molecule has 1 saturated heterocycles. The summed E-state index contributed by atoms with van der Waals surface area (Å²) in [7, 11) is 0. The third kappa shape index (κ3) is 4.80. The number of nitrogens with zero attached hydrogens (tertiary/aromatic N) is 1. The summed E-state index contributed by atoms with van der Waals surface area (Å²) in [4.78, 5) is 26.7. The van der Waals surface area contributed by atoms with Crippen molar-refractivity contribution in [3.63, 3.8) is 0 Å². The summed E-state index contributed by atoms with van der Waals surface area (Å²) < 4.78 is 0. The molecule has 1 fully saturated rings. The van der Waals surface area contributed by atoms with Gasteiger partial charge in [0.05, 0.1) is 6.04 Å². The fourth-order valence-corrected chi connectivity index (χ4v) is 3.24. The molecule has 2 rings (SSSR count). The molecule has 2 atom stereocenters. The summed E-state index contributed by atoms with van der Waals surface area (Å²) >= 11 is 0. The molecule has 1 aliphatic heterocycles. The number of amides is 3. The van der Waals surface area contributed by atoms with Crippen LogP contribution in [0.2, 0.25) is 0 Å². The van der Waals surface area contributed by atoms with Gasteiger partial charge >= 0.3 is 6.03 Å². The van der Waals surface area contributed by atoms with E-state index in [0.717, 1.165) is 30.6 Å². The number of imide groups is 1. The van der Waals surface area contributed by atoms with Gasteiger partial charge in [-0.2, -0.15) is 0 Å². The number of urea groups is 1. The molecule has 0 bridgehead atoms. The number of anilines is 1. The van der Waals surface area contributed by atoms with Crippen LogP contribution in [0, 0.1) is 19.3 Å². The Kier molecular flexibility index (Phi) is 5.85. The molecule has 1 aromatic carbocycles. The highest BCUT2D eigenvalue weighted by atomic mass is 16.2. The predicted octanol–water partition coefficient (Wildman–Crippen LogP) is 2.40. The Morgan fingerprint density at radius 1 is 1.32 bits per heavy atom. The lowest BCUT2D eigenvalue weighted by Gasteiger charge is -2.44. The van der Waals surface area contributed by atoms with Crippen LogP contribution < -0.4 is 16.4 Å². The van der Waals surface area contributed by atoms with E-state index in [1.54, 1.807) is 0 Å². The lowest BCUT2D eigenvalue weighted by Crippen LogP contribution is -2.58. The monoisotopic (exact) mass is 346 g/mol. The zero-order valence-electron chi connectivity index (χ0n) is 15.8. The quantitative estimate of drug-likeness (QED) is 0.784. The minimum atomic E-state index is -0.503. The summed E-state index contributed by atoms with van der Waals surface area (Å²) in [5.74, 6) is -0.298. The van der Waals surface area contributed by atoms with E-state index < -0.39 is 6.03 Å². The first-order valence-corrected chi connectivity index (χ1v) is 8.79. The van der Waals surface area contributed by atoms with Gasteiger partial charge in [0.1, 0.15) is 0 Å². The highest BCUT2D eigenvalue weighted by Gasteiger charge is 2.36. The summed E-state index contributed by atoms with van der Waals surface area (Å²) in [6, 6.07) is 5.00. The van der Waals surface area contributed by atoms with Crippen LogP contribution in [-0.2, 0) is 4.79 Å². The van der Waals surface area contributed by atoms with Gasteiger partial charge in [0, 0.05) is 24.8 Å². The molecule has 0 saturated carbocycles. The summed E-state index contributed by atoms with van der Waals surface area (Å²) in [5, 5.41) is 5.18. The Morgan fingerprint density at radius 3 is 2.60 bits per heavy atom. The highest BCUT2D eigenvalue weighted by Crippen LogP contribution is 2.28. The number of carbonyl (C=O) groups excluding carboxylic acids is 2. The van der Waals surface area contributed by atoms with Crippen molar-refractivity contribution in [2.24, 2.45) is 11.1 Å². The highest BCUT2D eigenvalue weighted by molar-refractivity contribution is 6.03. The first kappa shape index (κ1) is 19.4. The summed E-state index contributed by atoms with van der Waals surface area (Å²) in [6.07, 6.45) is 0.847. The van der Waals surface area contributed by atoms with Crippen molar-refractivity contribution in [3.05, 3.63) is 29.3 Å². The minimum absolute atomic E-state index is 0.0476. The van der Waals surface area contributed by atoms with E-state index in [-0.39, 0.29) is 23.4 Å². The third-order valence-electron chi connectivity index (χ3n) is 5.14. The molecule has 1 aromatic rings. The summed E-state index contributed by atoms with van der Waals surface area (Å²) in [5.41, 5.74) is 8.89. The van der Waals surface area contributed by atoms with E-state index in [1.807, 2.05) is 39.0 Å². The van der Waals surface area contributed by atoms with Crippen molar-refractivity contribution >= 4 is 17.6 Å².